The average molecular weight is 228 g/mol. The summed E-state index contributed by atoms with van der Waals surface area (Å²) in [6.07, 6.45) is 1.09. The summed E-state index contributed by atoms with van der Waals surface area (Å²) < 4.78 is 4.92. The molecular formula is C12H24N2O2. The molecule has 0 aromatic heterocycles. The van der Waals surface area contributed by atoms with Gasteiger partial charge in [0.1, 0.15) is 0 Å². The fourth-order valence-electron chi connectivity index (χ4n) is 2.49. The van der Waals surface area contributed by atoms with Crippen LogP contribution >= 0.6 is 0 Å². The Hall–Kier alpha value is -0.610. The molecule has 1 amide bonds. The second-order valence-corrected chi connectivity index (χ2v) is 5.30. The van der Waals surface area contributed by atoms with Crippen molar-refractivity contribution < 1.29 is 9.53 Å². The Balaban J connectivity index is 2.36. The Kier molecular flexibility index (Phi) is 4.74. The summed E-state index contributed by atoms with van der Waals surface area (Å²) in [4.78, 5) is 14.0. The zero-order chi connectivity index (χ0) is 12.2. The highest BCUT2D eigenvalue weighted by Gasteiger charge is 2.38. The predicted molar refractivity (Wildman–Crippen MR) is 64.3 cm³/mol. The standard InChI is InChI=1S/C12H24N2O2/c1-10-7-12(2,3)14(9-10)11(15)8-13-5-6-16-4/h10,13H,5-9H2,1-4H3. The van der Waals surface area contributed by atoms with Crippen LogP contribution in [0.3, 0.4) is 0 Å². The molecule has 1 aliphatic heterocycles. The van der Waals surface area contributed by atoms with Crippen LogP contribution in [0.1, 0.15) is 27.2 Å². The zero-order valence-electron chi connectivity index (χ0n) is 10.9. The summed E-state index contributed by atoms with van der Waals surface area (Å²) in [5, 5.41) is 3.10. The van der Waals surface area contributed by atoms with Gasteiger partial charge in [0.05, 0.1) is 13.2 Å². The molecule has 1 atom stereocenters. The molecular weight excluding hydrogens is 204 g/mol. The van der Waals surface area contributed by atoms with E-state index in [9.17, 15) is 4.79 Å². The molecule has 4 nitrogen and oxygen atoms in total. The molecule has 4 heteroatoms. The van der Waals surface area contributed by atoms with E-state index in [2.05, 4.69) is 26.1 Å². The topological polar surface area (TPSA) is 41.6 Å². The second kappa shape index (κ2) is 5.64. The minimum absolute atomic E-state index is 0.0133. The maximum atomic E-state index is 12.0. The Labute approximate surface area is 98.3 Å². The summed E-state index contributed by atoms with van der Waals surface area (Å²) in [5.41, 5.74) is 0.0133. The Bertz CT molecular complexity index is 241. The number of nitrogens with zero attached hydrogens (tertiary/aromatic N) is 1. The Morgan fingerprint density at radius 2 is 2.25 bits per heavy atom. The van der Waals surface area contributed by atoms with E-state index >= 15 is 0 Å². The van der Waals surface area contributed by atoms with Gasteiger partial charge in [0.25, 0.3) is 0 Å². The maximum Gasteiger partial charge on any atom is 0.236 e. The molecule has 0 aromatic rings. The summed E-state index contributed by atoms with van der Waals surface area (Å²) in [5.74, 6) is 0.809. The molecule has 1 N–H and O–H groups in total. The second-order valence-electron chi connectivity index (χ2n) is 5.30. The summed E-state index contributed by atoms with van der Waals surface area (Å²) in [6, 6.07) is 0. The highest BCUT2D eigenvalue weighted by Crippen LogP contribution is 2.31. The number of nitrogens with one attached hydrogen (secondary N) is 1. The van der Waals surface area contributed by atoms with Crippen molar-refractivity contribution in [2.24, 2.45) is 5.92 Å². The first-order valence-electron chi connectivity index (χ1n) is 5.97. The zero-order valence-corrected chi connectivity index (χ0v) is 10.9. The Morgan fingerprint density at radius 1 is 1.56 bits per heavy atom. The van der Waals surface area contributed by atoms with Crippen molar-refractivity contribution in [1.82, 2.24) is 10.2 Å². The van der Waals surface area contributed by atoms with E-state index in [4.69, 9.17) is 4.74 Å². The van der Waals surface area contributed by atoms with Crippen LogP contribution in [0.5, 0.6) is 0 Å². The maximum absolute atomic E-state index is 12.0. The molecule has 94 valence electrons. The van der Waals surface area contributed by atoms with Crippen LogP contribution in [0, 0.1) is 5.92 Å². The van der Waals surface area contributed by atoms with Gasteiger partial charge in [-0.25, -0.2) is 0 Å². The molecule has 1 rings (SSSR count). The van der Waals surface area contributed by atoms with Gasteiger partial charge >= 0.3 is 0 Å². The van der Waals surface area contributed by atoms with E-state index in [0.717, 1.165) is 19.5 Å². The van der Waals surface area contributed by atoms with Gasteiger partial charge in [-0.2, -0.15) is 0 Å². The number of carbonyl (C=O) groups excluding carboxylic acids is 1. The quantitative estimate of drug-likeness (QED) is 0.710. The van der Waals surface area contributed by atoms with Crippen LogP contribution in [0.4, 0.5) is 0 Å². The predicted octanol–water partition coefficient (Wildman–Crippen LogP) is 0.869. The minimum Gasteiger partial charge on any atom is -0.383 e. The van der Waals surface area contributed by atoms with Crippen molar-refractivity contribution in [3.63, 3.8) is 0 Å². The van der Waals surface area contributed by atoms with Gasteiger partial charge in [-0.05, 0) is 26.2 Å². The number of carbonyl (C=O) groups is 1. The van der Waals surface area contributed by atoms with Crippen molar-refractivity contribution in [1.29, 1.82) is 0 Å². The fraction of sp³-hybridized carbons (Fsp3) is 0.917. The lowest BCUT2D eigenvalue weighted by atomic mass is 9.98. The largest absolute Gasteiger partial charge is 0.383 e. The van der Waals surface area contributed by atoms with Crippen LogP contribution in [0.15, 0.2) is 0 Å². The number of hydrogen-bond acceptors (Lipinski definition) is 3. The van der Waals surface area contributed by atoms with Gasteiger partial charge in [0.2, 0.25) is 5.91 Å². The first-order chi connectivity index (χ1) is 7.47. The van der Waals surface area contributed by atoms with Crippen LogP contribution in [-0.4, -0.2) is 49.7 Å². The lowest BCUT2D eigenvalue weighted by molar-refractivity contribution is -0.133. The monoisotopic (exact) mass is 228 g/mol. The van der Waals surface area contributed by atoms with Gasteiger partial charge in [-0.1, -0.05) is 6.92 Å². The molecule has 1 fully saturated rings. The lowest BCUT2D eigenvalue weighted by Crippen LogP contribution is -2.46. The minimum atomic E-state index is 0.0133. The number of methoxy groups -OCH3 is 1. The molecule has 0 aromatic carbocycles. The normalized spacial score (nSPS) is 23.8. The smallest absolute Gasteiger partial charge is 0.236 e. The summed E-state index contributed by atoms with van der Waals surface area (Å²) in [6.45, 7) is 9.16. The van der Waals surface area contributed by atoms with E-state index in [1.807, 2.05) is 4.90 Å². The number of hydrogen-bond donors (Lipinski definition) is 1. The van der Waals surface area contributed by atoms with Crippen molar-refractivity contribution in [3.05, 3.63) is 0 Å². The molecule has 1 aliphatic rings. The van der Waals surface area contributed by atoms with Gasteiger partial charge in [-0.15, -0.1) is 0 Å². The lowest BCUT2D eigenvalue weighted by Gasteiger charge is -2.31. The third-order valence-corrected chi connectivity index (χ3v) is 3.13. The summed E-state index contributed by atoms with van der Waals surface area (Å²) >= 11 is 0. The molecule has 0 aliphatic carbocycles. The van der Waals surface area contributed by atoms with Crippen LogP contribution < -0.4 is 5.32 Å². The first-order valence-corrected chi connectivity index (χ1v) is 5.97. The third kappa shape index (κ3) is 3.46. The highest BCUT2D eigenvalue weighted by atomic mass is 16.5. The molecule has 0 spiro atoms. The van der Waals surface area contributed by atoms with Crippen LogP contribution in [-0.2, 0) is 9.53 Å². The molecule has 16 heavy (non-hydrogen) atoms. The van der Waals surface area contributed by atoms with E-state index in [-0.39, 0.29) is 11.4 Å². The van der Waals surface area contributed by atoms with E-state index in [0.29, 0.717) is 19.1 Å². The van der Waals surface area contributed by atoms with Gasteiger partial charge < -0.3 is 15.0 Å². The number of likely N-dealkylation sites (tertiary alicyclic amines) is 1. The molecule has 1 saturated heterocycles. The van der Waals surface area contributed by atoms with Crippen molar-refractivity contribution >= 4 is 5.91 Å². The van der Waals surface area contributed by atoms with E-state index in [1.54, 1.807) is 7.11 Å². The van der Waals surface area contributed by atoms with Crippen molar-refractivity contribution in [3.8, 4) is 0 Å². The number of rotatable bonds is 5. The first kappa shape index (κ1) is 13.5. The van der Waals surface area contributed by atoms with Crippen molar-refractivity contribution in [2.75, 3.05) is 33.4 Å². The average Bonchev–Trinajstić information content (AvgIpc) is 2.46. The van der Waals surface area contributed by atoms with Gasteiger partial charge in [-0.3, -0.25) is 4.79 Å². The van der Waals surface area contributed by atoms with Gasteiger partial charge in [0, 0.05) is 25.7 Å². The fourth-order valence-corrected chi connectivity index (χ4v) is 2.49. The molecule has 0 bridgehead atoms. The molecule has 0 radical (unpaired) electrons. The SMILES string of the molecule is COCCNCC(=O)N1CC(C)CC1(C)C. The van der Waals surface area contributed by atoms with E-state index < -0.39 is 0 Å². The Morgan fingerprint density at radius 3 is 2.75 bits per heavy atom. The van der Waals surface area contributed by atoms with Crippen LogP contribution in [0.25, 0.3) is 0 Å². The van der Waals surface area contributed by atoms with Crippen LogP contribution in [0.2, 0.25) is 0 Å². The van der Waals surface area contributed by atoms with Gasteiger partial charge in [0.15, 0.2) is 0 Å². The molecule has 1 heterocycles. The highest BCUT2D eigenvalue weighted by molar-refractivity contribution is 5.79. The third-order valence-electron chi connectivity index (χ3n) is 3.13. The summed E-state index contributed by atoms with van der Waals surface area (Å²) in [7, 11) is 1.66. The number of ether oxygens (including phenoxy) is 1. The molecule has 1 unspecified atom stereocenters. The van der Waals surface area contributed by atoms with E-state index in [1.165, 1.54) is 0 Å². The number of amides is 1. The molecule has 0 saturated carbocycles. The van der Waals surface area contributed by atoms with Crippen molar-refractivity contribution in [2.45, 2.75) is 32.7 Å².